The average molecular weight is 228 g/mol. The Kier molecular flexibility index (Phi) is 2.46. The van der Waals surface area contributed by atoms with Gasteiger partial charge in [-0.15, -0.1) is 0 Å². The molecule has 1 aliphatic rings. The molecule has 0 aromatic carbocycles. The van der Waals surface area contributed by atoms with Crippen LogP contribution in [0.4, 0.5) is 0 Å². The van der Waals surface area contributed by atoms with Gasteiger partial charge in [-0.1, -0.05) is 12.5 Å². The van der Waals surface area contributed by atoms with Gasteiger partial charge in [0.15, 0.2) is 0 Å². The highest BCUT2D eigenvalue weighted by molar-refractivity contribution is 5.64. The highest BCUT2D eigenvalue weighted by Crippen LogP contribution is 2.36. The summed E-state index contributed by atoms with van der Waals surface area (Å²) in [7, 11) is 0. The maximum atomic E-state index is 10.7. The summed E-state index contributed by atoms with van der Waals surface area (Å²) in [6.07, 6.45) is 5.12. The smallest absolute Gasteiger partial charge is 0.126 e. The van der Waals surface area contributed by atoms with Crippen molar-refractivity contribution in [1.82, 2.24) is 9.38 Å². The Bertz CT molecular complexity index is 567. The summed E-state index contributed by atoms with van der Waals surface area (Å²) in [6.45, 7) is 2.10. The first-order valence-corrected chi connectivity index (χ1v) is 6.21. The largest absolute Gasteiger partial charge is 0.303 e. The molecule has 0 N–H and O–H groups in total. The van der Waals surface area contributed by atoms with E-state index >= 15 is 0 Å². The minimum Gasteiger partial charge on any atom is -0.303 e. The first-order valence-electron chi connectivity index (χ1n) is 6.21. The summed E-state index contributed by atoms with van der Waals surface area (Å²) in [6, 6.07) is 6.19. The molecule has 0 radical (unpaired) electrons. The van der Waals surface area contributed by atoms with Crippen molar-refractivity contribution in [2.24, 2.45) is 0 Å². The Morgan fingerprint density at radius 1 is 1.47 bits per heavy atom. The number of carbonyl (C=O) groups excluding carboxylic acids is 1. The lowest BCUT2D eigenvalue weighted by molar-refractivity contribution is -0.107. The molecule has 1 saturated carbocycles. The molecule has 1 fully saturated rings. The standard InChI is InChI=1S/C14H16N2O/c1-10-4-2-7-13-12(8-9-17)15-14(16(10)13)11-5-3-6-11/h2,4,7,9,11H,3,5-6,8H2,1H3. The number of imidazole rings is 1. The quantitative estimate of drug-likeness (QED) is 0.757. The van der Waals surface area contributed by atoms with E-state index in [1.807, 2.05) is 6.07 Å². The van der Waals surface area contributed by atoms with Gasteiger partial charge in [0.05, 0.1) is 11.2 Å². The number of rotatable bonds is 3. The number of carbonyl (C=O) groups is 1. The van der Waals surface area contributed by atoms with Crippen molar-refractivity contribution in [2.75, 3.05) is 0 Å². The molecule has 0 unspecified atom stereocenters. The fraction of sp³-hybridized carbons (Fsp3) is 0.429. The Morgan fingerprint density at radius 2 is 2.29 bits per heavy atom. The maximum absolute atomic E-state index is 10.7. The number of nitrogens with zero attached hydrogens (tertiary/aromatic N) is 2. The number of hydrogen-bond acceptors (Lipinski definition) is 2. The zero-order chi connectivity index (χ0) is 11.8. The molecule has 3 rings (SSSR count). The molecule has 2 heterocycles. The molecule has 3 nitrogen and oxygen atoms in total. The van der Waals surface area contributed by atoms with E-state index in [1.165, 1.54) is 25.0 Å². The zero-order valence-electron chi connectivity index (χ0n) is 10.0. The minimum atomic E-state index is 0.416. The van der Waals surface area contributed by atoms with Crippen molar-refractivity contribution in [3.8, 4) is 0 Å². The van der Waals surface area contributed by atoms with Crippen LogP contribution in [0, 0.1) is 6.92 Å². The molecule has 2 aromatic rings. The molecule has 2 aromatic heterocycles. The van der Waals surface area contributed by atoms with E-state index < -0.39 is 0 Å². The van der Waals surface area contributed by atoms with Gasteiger partial charge in [0, 0.05) is 18.0 Å². The van der Waals surface area contributed by atoms with E-state index in [-0.39, 0.29) is 0 Å². The molecule has 88 valence electrons. The van der Waals surface area contributed by atoms with E-state index in [2.05, 4.69) is 23.5 Å². The van der Waals surface area contributed by atoms with Crippen molar-refractivity contribution in [3.63, 3.8) is 0 Å². The molecule has 0 bridgehead atoms. The fourth-order valence-electron chi connectivity index (χ4n) is 2.56. The lowest BCUT2D eigenvalue weighted by Crippen LogP contribution is -2.13. The van der Waals surface area contributed by atoms with Gasteiger partial charge in [0.2, 0.25) is 0 Å². The van der Waals surface area contributed by atoms with E-state index in [0.717, 1.165) is 23.3 Å². The summed E-state index contributed by atoms with van der Waals surface area (Å²) in [5.41, 5.74) is 3.22. The van der Waals surface area contributed by atoms with Crippen LogP contribution in [0.3, 0.4) is 0 Å². The molecular weight excluding hydrogens is 212 g/mol. The van der Waals surface area contributed by atoms with Gasteiger partial charge >= 0.3 is 0 Å². The van der Waals surface area contributed by atoms with E-state index in [9.17, 15) is 4.79 Å². The molecule has 0 spiro atoms. The first-order chi connectivity index (χ1) is 8.31. The van der Waals surface area contributed by atoms with E-state index in [0.29, 0.717) is 12.3 Å². The van der Waals surface area contributed by atoms with Crippen LogP contribution >= 0.6 is 0 Å². The molecule has 0 saturated heterocycles. The second kappa shape index (κ2) is 3.99. The molecule has 17 heavy (non-hydrogen) atoms. The second-order valence-corrected chi connectivity index (χ2v) is 4.80. The minimum absolute atomic E-state index is 0.416. The van der Waals surface area contributed by atoms with Gasteiger partial charge in [0.1, 0.15) is 12.1 Å². The molecular formula is C14H16N2O. The Hall–Kier alpha value is -1.64. The summed E-state index contributed by atoms with van der Waals surface area (Å²) >= 11 is 0. The summed E-state index contributed by atoms with van der Waals surface area (Å²) in [5, 5.41) is 0. The van der Waals surface area contributed by atoms with Crippen molar-refractivity contribution < 1.29 is 4.79 Å². The third kappa shape index (κ3) is 1.57. The lowest BCUT2D eigenvalue weighted by atomic mass is 9.85. The normalized spacial score (nSPS) is 16.1. The van der Waals surface area contributed by atoms with Crippen LogP contribution in [0.2, 0.25) is 0 Å². The first kappa shape index (κ1) is 10.5. The van der Waals surface area contributed by atoms with Crippen LogP contribution in [0.1, 0.15) is 42.4 Å². The van der Waals surface area contributed by atoms with Crippen LogP contribution in [0.25, 0.3) is 5.52 Å². The average Bonchev–Trinajstić information content (AvgIpc) is 2.57. The molecule has 0 atom stereocenters. The Morgan fingerprint density at radius 3 is 2.94 bits per heavy atom. The van der Waals surface area contributed by atoms with E-state index in [1.54, 1.807) is 0 Å². The number of hydrogen-bond donors (Lipinski definition) is 0. The third-order valence-corrected chi connectivity index (χ3v) is 3.71. The summed E-state index contributed by atoms with van der Waals surface area (Å²) in [5.74, 6) is 1.74. The lowest BCUT2D eigenvalue weighted by Gasteiger charge is -2.24. The van der Waals surface area contributed by atoms with Gasteiger partial charge in [-0.2, -0.15) is 0 Å². The highest BCUT2D eigenvalue weighted by Gasteiger charge is 2.25. The monoisotopic (exact) mass is 228 g/mol. The van der Waals surface area contributed by atoms with Crippen LogP contribution < -0.4 is 0 Å². The molecule has 0 amide bonds. The predicted molar refractivity (Wildman–Crippen MR) is 66.3 cm³/mol. The highest BCUT2D eigenvalue weighted by atomic mass is 16.1. The SMILES string of the molecule is Cc1cccc2c(CC=O)nc(C3CCC3)n12. The number of fused-ring (bicyclic) bond motifs is 1. The van der Waals surface area contributed by atoms with Crippen molar-refractivity contribution >= 4 is 11.8 Å². The summed E-state index contributed by atoms with van der Waals surface area (Å²) in [4.78, 5) is 15.4. The van der Waals surface area contributed by atoms with E-state index in [4.69, 9.17) is 4.98 Å². The Labute approximate surface area is 100 Å². The van der Waals surface area contributed by atoms with Gasteiger partial charge in [0.25, 0.3) is 0 Å². The van der Waals surface area contributed by atoms with Gasteiger partial charge in [-0.3, -0.25) is 0 Å². The Balaban J connectivity index is 2.22. The third-order valence-electron chi connectivity index (χ3n) is 3.71. The molecule has 1 aliphatic carbocycles. The van der Waals surface area contributed by atoms with Crippen molar-refractivity contribution in [3.05, 3.63) is 35.4 Å². The fourth-order valence-corrected chi connectivity index (χ4v) is 2.56. The second-order valence-electron chi connectivity index (χ2n) is 4.80. The topological polar surface area (TPSA) is 34.4 Å². The number of pyridine rings is 1. The number of aromatic nitrogens is 2. The van der Waals surface area contributed by atoms with Crippen LogP contribution in [0.15, 0.2) is 18.2 Å². The molecule has 3 heteroatoms. The molecule has 0 aliphatic heterocycles. The zero-order valence-corrected chi connectivity index (χ0v) is 10.0. The van der Waals surface area contributed by atoms with Gasteiger partial charge < -0.3 is 9.20 Å². The maximum Gasteiger partial charge on any atom is 0.126 e. The summed E-state index contributed by atoms with van der Waals surface area (Å²) < 4.78 is 2.22. The predicted octanol–water partition coefficient (Wildman–Crippen LogP) is 2.65. The number of aryl methyl sites for hydroxylation is 1. The van der Waals surface area contributed by atoms with Gasteiger partial charge in [-0.25, -0.2) is 4.98 Å². The van der Waals surface area contributed by atoms with Crippen molar-refractivity contribution in [1.29, 1.82) is 0 Å². The van der Waals surface area contributed by atoms with Gasteiger partial charge in [-0.05, 0) is 31.9 Å². The number of aldehydes is 1. The van der Waals surface area contributed by atoms with Crippen LogP contribution in [-0.4, -0.2) is 15.7 Å². The van der Waals surface area contributed by atoms with Crippen molar-refractivity contribution in [2.45, 2.75) is 38.5 Å². The van der Waals surface area contributed by atoms with Crippen LogP contribution in [-0.2, 0) is 11.2 Å². The van der Waals surface area contributed by atoms with Crippen LogP contribution in [0.5, 0.6) is 0 Å².